The van der Waals surface area contributed by atoms with Crippen molar-refractivity contribution in [2.75, 3.05) is 13.3 Å². The van der Waals surface area contributed by atoms with E-state index in [1.54, 1.807) is 12.1 Å². The van der Waals surface area contributed by atoms with Gasteiger partial charge < -0.3 is 4.74 Å². The molecule has 0 aliphatic carbocycles. The van der Waals surface area contributed by atoms with E-state index in [1.165, 1.54) is 0 Å². The smallest absolute Gasteiger partial charge is 0.153 e. The van der Waals surface area contributed by atoms with Crippen molar-refractivity contribution in [3.8, 4) is 5.75 Å². The zero-order valence-corrected chi connectivity index (χ0v) is 9.59. The van der Waals surface area contributed by atoms with Gasteiger partial charge in [-0.1, -0.05) is 23.2 Å². The van der Waals surface area contributed by atoms with Crippen LogP contribution in [0, 0.1) is 0 Å². The maximum absolute atomic E-state index is 11.8. The summed E-state index contributed by atoms with van der Waals surface area (Å²) in [4.78, 5) is 0. The van der Waals surface area contributed by atoms with Gasteiger partial charge >= 0.3 is 0 Å². The highest BCUT2D eigenvalue weighted by Gasteiger charge is 2.09. The first-order valence-electron chi connectivity index (χ1n) is 3.49. The van der Waals surface area contributed by atoms with Crippen LogP contribution in [-0.4, -0.2) is 13.3 Å². The van der Waals surface area contributed by atoms with Crippen LogP contribution >= 0.6 is 39.1 Å². The van der Waals surface area contributed by atoms with Gasteiger partial charge in [-0.2, -0.15) is 0 Å². The maximum atomic E-state index is 11.8. The molecule has 0 amide bonds. The zero-order chi connectivity index (χ0) is 9.84. The Morgan fingerprint density at radius 3 is 2.54 bits per heavy atom. The Hall–Kier alpha value is 0.01000. The molecule has 0 saturated carbocycles. The van der Waals surface area contributed by atoms with Crippen LogP contribution in [0.4, 0.5) is 4.39 Å². The van der Waals surface area contributed by atoms with Gasteiger partial charge in [0.2, 0.25) is 0 Å². The molecule has 0 saturated heterocycles. The summed E-state index contributed by atoms with van der Waals surface area (Å²) in [7, 11) is 0. The van der Waals surface area contributed by atoms with Gasteiger partial charge in [-0.15, -0.1) is 0 Å². The molecule has 1 aromatic carbocycles. The summed E-state index contributed by atoms with van der Waals surface area (Å²) < 4.78 is 17.4. The normalized spacial score (nSPS) is 10.2. The summed E-state index contributed by atoms with van der Waals surface area (Å²) in [5, 5.41) is 0.892. The fourth-order valence-electron chi connectivity index (χ4n) is 0.781. The van der Waals surface area contributed by atoms with Crippen LogP contribution in [-0.2, 0) is 0 Å². The molecule has 0 fully saturated rings. The molecular weight excluding hydrogens is 282 g/mol. The topological polar surface area (TPSA) is 9.23 Å². The third-order valence-electron chi connectivity index (χ3n) is 1.33. The summed E-state index contributed by atoms with van der Waals surface area (Å²) in [6.45, 7) is -0.589. The molecular formula is C8H6BrCl2FO. The molecule has 0 radical (unpaired) electrons. The standard InChI is InChI=1S/C8H6BrCl2FO/c9-7-5(10)1-2-6(11)8(7)13-4-3-12/h1-2H,3-4H2. The molecule has 0 unspecified atom stereocenters. The molecule has 0 atom stereocenters. The molecule has 0 spiro atoms. The van der Waals surface area contributed by atoms with E-state index >= 15 is 0 Å². The largest absolute Gasteiger partial charge is 0.488 e. The number of hydrogen-bond acceptors (Lipinski definition) is 1. The van der Waals surface area contributed by atoms with Crippen LogP contribution in [0.5, 0.6) is 5.75 Å². The van der Waals surface area contributed by atoms with Crippen LogP contribution in [0.2, 0.25) is 10.0 Å². The lowest BCUT2D eigenvalue weighted by molar-refractivity contribution is 0.272. The van der Waals surface area contributed by atoms with Gasteiger partial charge in [-0.25, -0.2) is 4.39 Å². The van der Waals surface area contributed by atoms with Gasteiger partial charge in [0.15, 0.2) is 5.75 Å². The minimum absolute atomic E-state index is 0.0291. The molecule has 1 nitrogen and oxygen atoms in total. The van der Waals surface area contributed by atoms with Gasteiger partial charge in [0.25, 0.3) is 0 Å². The van der Waals surface area contributed by atoms with Gasteiger partial charge in [-0.3, -0.25) is 0 Å². The minimum Gasteiger partial charge on any atom is -0.488 e. The Bertz CT molecular complexity index is 306. The zero-order valence-electron chi connectivity index (χ0n) is 6.49. The Morgan fingerprint density at radius 2 is 1.92 bits per heavy atom. The lowest BCUT2D eigenvalue weighted by Gasteiger charge is -2.08. The monoisotopic (exact) mass is 286 g/mol. The lowest BCUT2D eigenvalue weighted by atomic mass is 10.3. The number of rotatable bonds is 3. The van der Waals surface area contributed by atoms with Gasteiger partial charge in [-0.05, 0) is 28.1 Å². The van der Waals surface area contributed by atoms with E-state index in [0.29, 0.717) is 20.3 Å². The number of ether oxygens (including phenoxy) is 1. The Kier molecular flexibility index (Phi) is 4.29. The van der Waals surface area contributed by atoms with Crippen LogP contribution in [0.15, 0.2) is 16.6 Å². The summed E-state index contributed by atoms with van der Waals surface area (Å²) in [6.07, 6.45) is 0. The van der Waals surface area contributed by atoms with Crippen molar-refractivity contribution in [3.05, 3.63) is 26.7 Å². The Morgan fingerprint density at radius 1 is 1.31 bits per heavy atom. The van der Waals surface area contributed by atoms with E-state index in [4.69, 9.17) is 27.9 Å². The predicted molar refractivity (Wildman–Crippen MR) is 55.6 cm³/mol. The molecule has 0 heterocycles. The first kappa shape index (κ1) is 11.1. The number of alkyl halides is 1. The number of halogens is 4. The molecule has 1 rings (SSSR count). The van der Waals surface area contributed by atoms with Gasteiger partial charge in [0.05, 0.1) is 14.5 Å². The van der Waals surface area contributed by atoms with Crippen molar-refractivity contribution < 1.29 is 9.13 Å². The first-order chi connectivity index (χ1) is 6.16. The molecule has 0 aliphatic rings. The number of benzene rings is 1. The van der Waals surface area contributed by atoms with E-state index in [1.807, 2.05) is 0 Å². The molecule has 72 valence electrons. The van der Waals surface area contributed by atoms with Crippen molar-refractivity contribution in [1.82, 2.24) is 0 Å². The molecule has 13 heavy (non-hydrogen) atoms. The highest BCUT2D eigenvalue weighted by Crippen LogP contribution is 2.38. The van der Waals surface area contributed by atoms with E-state index in [9.17, 15) is 4.39 Å². The highest BCUT2D eigenvalue weighted by atomic mass is 79.9. The van der Waals surface area contributed by atoms with E-state index in [0.717, 1.165) is 0 Å². The second-order valence-electron chi connectivity index (χ2n) is 2.21. The highest BCUT2D eigenvalue weighted by molar-refractivity contribution is 9.10. The Labute approximate surface area is 93.9 Å². The minimum atomic E-state index is -0.560. The summed E-state index contributed by atoms with van der Waals surface area (Å²) in [5.41, 5.74) is 0. The SMILES string of the molecule is FCCOc1c(Cl)ccc(Cl)c1Br. The van der Waals surface area contributed by atoms with Crippen molar-refractivity contribution in [2.24, 2.45) is 0 Å². The quantitative estimate of drug-likeness (QED) is 0.761. The van der Waals surface area contributed by atoms with E-state index in [2.05, 4.69) is 15.9 Å². The second kappa shape index (κ2) is 5.03. The van der Waals surface area contributed by atoms with E-state index in [-0.39, 0.29) is 6.61 Å². The summed E-state index contributed by atoms with van der Waals surface area (Å²) in [6, 6.07) is 3.23. The van der Waals surface area contributed by atoms with Crippen LogP contribution in [0.25, 0.3) is 0 Å². The third-order valence-corrected chi connectivity index (χ3v) is 2.95. The average Bonchev–Trinajstić information content (AvgIpc) is 2.12. The average molecular weight is 288 g/mol. The lowest BCUT2D eigenvalue weighted by Crippen LogP contribution is -1.99. The van der Waals surface area contributed by atoms with Crippen molar-refractivity contribution in [3.63, 3.8) is 0 Å². The van der Waals surface area contributed by atoms with Crippen molar-refractivity contribution in [1.29, 1.82) is 0 Å². The van der Waals surface area contributed by atoms with Crippen LogP contribution < -0.4 is 4.74 Å². The third kappa shape index (κ3) is 2.73. The molecule has 0 bridgehead atoms. The molecule has 0 aliphatic heterocycles. The second-order valence-corrected chi connectivity index (χ2v) is 3.82. The molecule has 1 aromatic rings. The summed E-state index contributed by atoms with van der Waals surface area (Å²) >= 11 is 14.8. The number of hydrogen-bond donors (Lipinski definition) is 0. The van der Waals surface area contributed by atoms with Crippen molar-refractivity contribution in [2.45, 2.75) is 0 Å². The molecule has 5 heteroatoms. The molecule has 0 N–H and O–H groups in total. The first-order valence-corrected chi connectivity index (χ1v) is 5.04. The van der Waals surface area contributed by atoms with Gasteiger partial charge in [0.1, 0.15) is 13.3 Å². The van der Waals surface area contributed by atoms with Crippen LogP contribution in [0.1, 0.15) is 0 Å². The maximum Gasteiger partial charge on any atom is 0.153 e. The van der Waals surface area contributed by atoms with Gasteiger partial charge in [0, 0.05) is 0 Å². The summed E-state index contributed by atoms with van der Waals surface area (Å²) in [5.74, 6) is 0.381. The van der Waals surface area contributed by atoms with Crippen molar-refractivity contribution >= 4 is 39.1 Å². The van der Waals surface area contributed by atoms with Crippen LogP contribution in [0.3, 0.4) is 0 Å². The Balaban J connectivity index is 2.96. The molecule has 0 aromatic heterocycles. The fraction of sp³-hybridized carbons (Fsp3) is 0.250. The predicted octanol–water partition coefficient (Wildman–Crippen LogP) is 4.10. The fourth-order valence-corrected chi connectivity index (χ4v) is 1.72. The van der Waals surface area contributed by atoms with E-state index < -0.39 is 6.67 Å².